The van der Waals surface area contributed by atoms with E-state index in [4.69, 9.17) is 4.98 Å². The van der Waals surface area contributed by atoms with Crippen molar-refractivity contribution < 1.29 is 0 Å². The van der Waals surface area contributed by atoms with Gasteiger partial charge in [-0.05, 0) is 92.7 Å². The molecule has 2 heterocycles. The van der Waals surface area contributed by atoms with Crippen molar-refractivity contribution in [3.8, 4) is 11.1 Å². The highest BCUT2D eigenvalue weighted by atomic mass is 32.1. The normalized spacial score (nSPS) is 11.9. The summed E-state index contributed by atoms with van der Waals surface area (Å²) in [5, 5.41) is 11.5. The van der Waals surface area contributed by atoms with E-state index in [-0.39, 0.29) is 0 Å². The van der Waals surface area contributed by atoms with Crippen LogP contribution in [-0.2, 0) is 0 Å². The van der Waals surface area contributed by atoms with E-state index in [9.17, 15) is 0 Å². The summed E-state index contributed by atoms with van der Waals surface area (Å²) in [6.07, 6.45) is 1.90. The second kappa shape index (κ2) is 9.87. The van der Waals surface area contributed by atoms with Crippen molar-refractivity contribution in [3.63, 3.8) is 0 Å². The van der Waals surface area contributed by atoms with Crippen LogP contribution >= 0.6 is 11.3 Å². The Hall–Kier alpha value is -5.77. The molecule has 0 amide bonds. The molecule has 2 nitrogen and oxygen atoms in total. The molecule has 10 aromatic rings. The maximum Gasteiger partial charge on any atom is 0.0780 e. The Morgan fingerprint density at radius 2 is 1.09 bits per heavy atom. The van der Waals surface area contributed by atoms with E-state index in [0.717, 1.165) is 22.6 Å². The first-order valence-electron chi connectivity index (χ1n) is 15.6. The highest BCUT2D eigenvalue weighted by Gasteiger charge is 2.17. The molecule has 0 radical (unpaired) electrons. The summed E-state index contributed by atoms with van der Waals surface area (Å²) in [6.45, 7) is 0. The standard InChI is InChI=1S/C43H26N2S/c1-3-9-31(10-4-1)45(32-11-5-2-6-12-32)33-17-20-36-35-19-16-28(25-39(35)46-40(36)26-33)34-18-15-27-13-14-29-24-30-8-7-23-44-43(30)38-22-21-37(34)41(27)42(29)38/h1-26H. The Morgan fingerprint density at radius 1 is 0.435 bits per heavy atom. The van der Waals surface area contributed by atoms with Crippen LogP contribution in [0.25, 0.3) is 74.5 Å². The number of nitrogens with zero attached hydrogens (tertiary/aromatic N) is 2. The van der Waals surface area contributed by atoms with Crippen molar-refractivity contribution >= 4 is 91.8 Å². The van der Waals surface area contributed by atoms with Gasteiger partial charge in [-0.15, -0.1) is 11.3 Å². The molecule has 0 spiro atoms. The number of aromatic nitrogens is 1. The average Bonchev–Trinajstić information content (AvgIpc) is 3.48. The van der Waals surface area contributed by atoms with E-state index in [2.05, 4.69) is 150 Å². The molecule has 46 heavy (non-hydrogen) atoms. The van der Waals surface area contributed by atoms with Crippen molar-refractivity contribution in [3.05, 3.63) is 158 Å². The number of rotatable bonds is 4. The molecule has 0 aliphatic rings. The van der Waals surface area contributed by atoms with Gasteiger partial charge in [0, 0.05) is 54.2 Å². The molecular weight excluding hydrogens is 577 g/mol. The minimum absolute atomic E-state index is 1.07. The van der Waals surface area contributed by atoms with Gasteiger partial charge in [0.2, 0.25) is 0 Å². The molecule has 0 aliphatic carbocycles. The van der Waals surface area contributed by atoms with Gasteiger partial charge in [0.1, 0.15) is 0 Å². The summed E-state index contributed by atoms with van der Waals surface area (Å²) in [5.74, 6) is 0. The lowest BCUT2D eigenvalue weighted by Gasteiger charge is -2.25. The number of hydrogen-bond donors (Lipinski definition) is 0. The van der Waals surface area contributed by atoms with Crippen molar-refractivity contribution in [2.45, 2.75) is 0 Å². The van der Waals surface area contributed by atoms with Crippen molar-refractivity contribution in [2.75, 3.05) is 4.90 Å². The smallest absolute Gasteiger partial charge is 0.0780 e. The molecule has 214 valence electrons. The summed E-state index contributed by atoms with van der Waals surface area (Å²) in [6, 6.07) is 55.2. The highest BCUT2D eigenvalue weighted by molar-refractivity contribution is 7.25. The van der Waals surface area contributed by atoms with Gasteiger partial charge in [-0.25, -0.2) is 0 Å². The van der Waals surface area contributed by atoms with Crippen LogP contribution in [-0.4, -0.2) is 4.98 Å². The fourth-order valence-corrected chi connectivity index (χ4v) is 8.52. The monoisotopic (exact) mass is 602 g/mol. The van der Waals surface area contributed by atoms with Crippen LogP contribution in [0.3, 0.4) is 0 Å². The Bertz CT molecular complexity index is 2710. The van der Waals surface area contributed by atoms with E-state index in [1.807, 2.05) is 23.6 Å². The molecule has 0 saturated heterocycles. The zero-order valence-corrected chi connectivity index (χ0v) is 25.6. The molecule has 0 atom stereocenters. The van der Waals surface area contributed by atoms with E-state index in [1.165, 1.54) is 69.0 Å². The number of thiophene rings is 1. The van der Waals surface area contributed by atoms with Gasteiger partial charge in [-0.3, -0.25) is 4.98 Å². The van der Waals surface area contributed by atoms with E-state index >= 15 is 0 Å². The van der Waals surface area contributed by atoms with Crippen LogP contribution in [0.2, 0.25) is 0 Å². The third-order valence-corrected chi connectivity index (χ3v) is 10.5. The molecular formula is C43H26N2S. The first-order valence-corrected chi connectivity index (χ1v) is 16.4. The fraction of sp³-hybridized carbons (Fsp3) is 0. The summed E-state index contributed by atoms with van der Waals surface area (Å²) in [5.41, 5.74) is 7.03. The van der Waals surface area contributed by atoms with Crippen LogP contribution in [0.1, 0.15) is 0 Å². The van der Waals surface area contributed by atoms with Crippen LogP contribution in [0.15, 0.2) is 158 Å². The van der Waals surface area contributed by atoms with Crippen LogP contribution in [0, 0.1) is 0 Å². The lowest BCUT2D eigenvalue weighted by Crippen LogP contribution is -2.09. The zero-order chi connectivity index (χ0) is 30.2. The second-order valence-electron chi connectivity index (χ2n) is 12.0. The maximum atomic E-state index is 4.77. The second-order valence-corrected chi connectivity index (χ2v) is 13.1. The Morgan fingerprint density at radius 3 is 1.89 bits per heavy atom. The van der Waals surface area contributed by atoms with Gasteiger partial charge >= 0.3 is 0 Å². The molecule has 0 N–H and O–H groups in total. The Kier molecular flexibility index (Phi) is 5.48. The number of pyridine rings is 1. The number of benzene rings is 8. The lowest BCUT2D eigenvalue weighted by atomic mass is 9.89. The Balaban J connectivity index is 1.14. The molecule has 0 aliphatic heterocycles. The van der Waals surface area contributed by atoms with Crippen molar-refractivity contribution in [2.24, 2.45) is 0 Å². The Labute approximate surface area is 269 Å². The van der Waals surface area contributed by atoms with E-state index in [0.29, 0.717) is 0 Å². The predicted octanol–water partition coefficient (Wildman–Crippen LogP) is 12.6. The fourth-order valence-electron chi connectivity index (χ4n) is 7.34. The number of fused-ring (bicyclic) bond motifs is 5. The summed E-state index contributed by atoms with van der Waals surface area (Å²) < 4.78 is 2.59. The third-order valence-electron chi connectivity index (χ3n) is 9.40. The topological polar surface area (TPSA) is 16.1 Å². The molecule has 0 fully saturated rings. The van der Waals surface area contributed by atoms with E-state index < -0.39 is 0 Å². The molecule has 0 saturated carbocycles. The highest BCUT2D eigenvalue weighted by Crippen LogP contribution is 2.44. The number of para-hydroxylation sites is 2. The molecule has 0 bridgehead atoms. The SMILES string of the molecule is c1ccc(N(c2ccccc2)c2ccc3c(c2)sc2cc(-c4ccc5ccc6cc7cccnc7c7ccc4c5c67)ccc23)cc1. The largest absolute Gasteiger partial charge is 0.310 e. The molecule has 0 unspecified atom stereocenters. The van der Waals surface area contributed by atoms with Crippen molar-refractivity contribution in [1.29, 1.82) is 0 Å². The minimum atomic E-state index is 1.07. The average molecular weight is 603 g/mol. The lowest BCUT2D eigenvalue weighted by molar-refractivity contribution is 1.29. The first-order chi connectivity index (χ1) is 22.8. The summed E-state index contributed by atoms with van der Waals surface area (Å²) >= 11 is 1.87. The number of hydrogen-bond acceptors (Lipinski definition) is 3. The summed E-state index contributed by atoms with van der Waals surface area (Å²) in [4.78, 5) is 7.10. The predicted molar refractivity (Wildman–Crippen MR) is 198 cm³/mol. The molecule has 2 aromatic heterocycles. The molecule has 10 rings (SSSR count). The minimum Gasteiger partial charge on any atom is -0.310 e. The van der Waals surface area contributed by atoms with Gasteiger partial charge in [0.15, 0.2) is 0 Å². The van der Waals surface area contributed by atoms with Crippen molar-refractivity contribution in [1.82, 2.24) is 4.98 Å². The maximum absolute atomic E-state index is 4.77. The summed E-state index contributed by atoms with van der Waals surface area (Å²) in [7, 11) is 0. The van der Waals surface area contributed by atoms with Crippen LogP contribution in [0.4, 0.5) is 17.1 Å². The van der Waals surface area contributed by atoms with Crippen LogP contribution in [0.5, 0.6) is 0 Å². The number of anilines is 3. The van der Waals surface area contributed by atoms with E-state index in [1.54, 1.807) is 0 Å². The van der Waals surface area contributed by atoms with Gasteiger partial charge in [-0.2, -0.15) is 0 Å². The molecule has 3 heteroatoms. The van der Waals surface area contributed by atoms with Gasteiger partial charge in [0.25, 0.3) is 0 Å². The van der Waals surface area contributed by atoms with Crippen LogP contribution < -0.4 is 4.90 Å². The van der Waals surface area contributed by atoms with Gasteiger partial charge in [-0.1, -0.05) is 97.1 Å². The zero-order valence-electron chi connectivity index (χ0n) is 24.8. The quantitative estimate of drug-likeness (QED) is 0.147. The first kappa shape index (κ1) is 25.5. The van der Waals surface area contributed by atoms with Gasteiger partial charge in [0.05, 0.1) is 5.52 Å². The third kappa shape index (κ3) is 3.79. The molecule has 8 aromatic carbocycles. The van der Waals surface area contributed by atoms with Gasteiger partial charge < -0.3 is 4.90 Å².